The van der Waals surface area contributed by atoms with Crippen LogP contribution in [0.1, 0.15) is 50.8 Å². The maximum atomic E-state index is 12.4. The second-order valence-corrected chi connectivity index (χ2v) is 6.67. The highest BCUT2D eigenvalue weighted by molar-refractivity contribution is 5.83. The number of hydrogen-bond donors (Lipinski definition) is 1. The van der Waals surface area contributed by atoms with Crippen LogP contribution < -0.4 is 10.1 Å². The fourth-order valence-electron chi connectivity index (χ4n) is 2.35. The number of carbonyl (C=O) groups excluding carboxylic acids is 1. The Kier molecular flexibility index (Phi) is 6.01. The molecule has 0 aliphatic carbocycles. The summed E-state index contributed by atoms with van der Waals surface area (Å²) in [7, 11) is 1.85. The third kappa shape index (κ3) is 4.85. The number of nitrogens with one attached hydrogen (secondary N) is 1. The van der Waals surface area contributed by atoms with Gasteiger partial charge in [-0.05, 0) is 37.5 Å². The minimum atomic E-state index is -0.227. The maximum absolute atomic E-state index is 12.4. The molecule has 2 aromatic rings. The van der Waals surface area contributed by atoms with E-state index in [0.717, 1.165) is 16.9 Å². The monoisotopic (exact) mass is 329 g/mol. The minimum Gasteiger partial charge on any atom is -0.493 e. The molecular weight excluding hydrogens is 302 g/mol. The van der Waals surface area contributed by atoms with Gasteiger partial charge in [-0.25, -0.2) is 0 Å². The van der Waals surface area contributed by atoms with Gasteiger partial charge in [-0.3, -0.25) is 9.48 Å². The van der Waals surface area contributed by atoms with Crippen molar-refractivity contribution in [3.05, 3.63) is 47.8 Å². The van der Waals surface area contributed by atoms with E-state index >= 15 is 0 Å². The number of carbonyl (C=O) groups is 1. The summed E-state index contributed by atoms with van der Waals surface area (Å²) < 4.78 is 7.39. The van der Waals surface area contributed by atoms with E-state index < -0.39 is 0 Å². The molecule has 1 aromatic carbocycles. The van der Waals surface area contributed by atoms with E-state index in [4.69, 9.17) is 4.74 Å². The number of nitrogens with zero attached hydrogens (tertiary/aromatic N) is 2. The fourth-order valence-corrected chi connectivity index (χ4v) is 2.35. The molecule has 1 aromatic heterocycles. The van der Waals surface area contributed by atoms with Crippen LogP contribution in [-0.2, 0) is 11.8 Å². The Balaban J connectivity index is 1.93. The van der Waals surface area contributed by atoms with Crippen LogP contribution in [0.2, 0.25) is 0 Å². The normalized spacial score (nSPS) is 13.6. The zero-order valence-corrected chi connectivity index (χ0v) is 15.1. The largest absolute Gasteiger partial charge is 0.493 e. The van der Waals surface area contributed by atoms with Gasteiger partial charge in [0.1, 0.15) is 5.75 Å². The third-order valence-corrected chi connectivity index (χ3v) is 3.94. The molecule has 2 atom stereocenters. The van der Waals surface area contributed by atoms with Crippen LogP contribution in [0.5, 0.6) is 5.75 Å². The Bertz CT molecular complexity index is 662. The molecule has 0 saturated carbocycles. The topological polar surface area (TPSA) is 56.1 Å². The van der Waals surface area contributed by atoms with Crippen molar-refractivity contribution in [1.82, 2.24) is 15.1 Å². The van der Waals surface area contributed by atoms with Crippen molar-refractivity contribution in [2.24, 2.45) is 13.0 Å². The first-order valence-electron chi connectivity index (χ1n) is 8.38. The van der Waals surface area contributed by atoms with E-state index in [-0.39, 0.29) is 17.9 Å². The Hall–Kier alpha value is -2.30. The van der Waals surface area contributed by atoms with Crippen molar-refractivity contribution in [2.45, 2.75) is 39.7 Å². The highest BCUT2D eigenvalue weighted by Gasteiger charge is 2.19. The summed E-state index contributed by atoms with van der Waals surface area (Å²) >= 11 is 0. The number of aryl methyl sites for hydroxylation is 1. The molecule has 5 heteroatoms. The molecule has 0 saturated heterocycles. The Morgan fingerprint density at radius 1 is 1.17 bits per heavy atom. The van der Waals surface area contributed by atoms with Gasteiger partial charge in [0.15, 0.2) is 0 Å². The summed E-state index contributed by atoms with van der Waals surface area (Å²) in [5, 5.41) is 7.18. The number of amides is 1. The molecule has 0 radical (unpaired) electrons. The summed E-state index contributed by atoms with van der Waals surface area (Å²) in [5.74, 6) is 1.12. The lowest BCUT2D eigenvalue weighted by Crippen LogP contribution is -2.30. The van der Waals surface area contributed by atoms with Gasteiger partial charge in [-0.2, -0.15) is 5.10 Å². The Labute approximate surface area is 144 Å². The van der Waals surface area contributed by atoms with E-state index in [2.05, 4.69) is 24.3 Å². The quantitative estimate of drug-likeness (QED) is 0.846. The lowest BCUT2D eigenvalue weighted by Gasteiger charge is -2.18. The molecule has 24 heavy (non-hydrogen) atoms. The first-order chi connectivity index (χ1) is 11.4. The average molecular weight is 329 g/mol. The molecule has 1 N–H and O–H groups in total. The standard InChI is InChI=1S/C19H27N3O2/c1-13(2)12-24-18-8-6-16(7-9-18)15(4)21-19(23)14(3)17-10-20-22(5)11-17/h6-11,13-15H,12H2,1-5H3,(H,21,23)/t14-,15+/m1/s1. The van der Waals surface area contributed by atoms with Crippen molar-refractivity contribution in [2.75, 3.05) is 6.61 Å². The van der Waals surface area contributed by atoms with Gasteiger partial charge < -0.3 is 10.1 Å². The number of rotatable bonds is 7. The van der Waals surface area contributed by atoms with Crippen molar-refractivity contribution in [3.63, 3.8) is 0 Å². The number of aromatic nitrogens is 2. The van der Waals surface area contributed by atoms with Gasteiger partial charge in [0.2, 0.25) is 5.91 Å². The lowest BCUT2D eigenvalue weighted by atomic mass is 10.0. The molecule has 1 heterocycles. The van der Waals surface area contributed by atoms with Crippen LogP contribution in [0.25, 0.3) is 0 Å². The maximum Gasteiger partial charge on any atom is 0.227 e. The molecule has 5 nitrogen and oxygen atoms in total. The van der Waals surface area contributed by atoms with E-state index in [1.807, 2.05) is 51.4 Å². The molecule has 0 bridgehead atoms. The molecule has 0 spiro atoms. The third-order valence-electron chi connectivity index (χ3n) is 3.94. The summed E-state index contributed by atoms with van der Waals surface area (Å²) in [6.07, 6.45) is 3.60. The molecule has 0 unspecified atom stereocenters. The van der Waals surface area contributed by atoms with Gasteiger partial charge in [0, 0.05) is 18.8 Å². The van der Waals surface area contributed by atoms with Gasteiger partial charge in [0.05, 0.1) is 24.8 Å². The second kappa shape index (κ2) is 7.99. The number of benzene rings is 1. The van der Waals surface area contributed by atoms with Crippen LogP contribution in [0.4, 0.5) is 0 Å². The Morgan fingerprint density at radius 2 is 1.83 bits per heavy atom. The van der Waals surface area contributed by atoms with Crippen LogP contribution in [0.3, 0.4) is 0 Å². The van der Waals surface area contributed by atoms with E-state index in [1.54, 1.807) is 10.9 Å². The molecule has 0 fully saturated rings. The van der Waals surface area contributed by atoms with Gasteiger partial charge in [-0.15, -0.1) is 0 Å². The second-order valence-electron chi connectivity index (χ2n) is 6.67. The van der Waals surface area contributed by atoms with Crippen LogP contribution in [-0.4, -0.2) is 22.3 Å². The predicted molar refractivity (Wildman–Crippen MR) is 95.0 cm³/mol. The molecule has 0 aliphatic rings. The van der Waals surface area contributed by atoms with E-state index in [0.29, 0.717) is 12.5 Å². The number of hydrogen-bond acceptors (Lipinski definition) is 3. The van der Waals surface area contributed by atoms with Gasteiger partial charge in [0.25, 0.3) is 0 Å². The molecule has 1 amide bonds. The molecular formula is C19H27N3O2. The van der Waals surface area contributed by atoms with Gasteiger partial charge >= 0.3 is 0 Å². The smallest absolute Gasteiger partial charge is 0.227 e. The summed E-state index contributed by atoms with van der Waals surface area (Å²) in [6, 6.07) is 7.83. The van der Waals surface area contributed by atoms with Crippen molar-refractivity contribution < 1.29 is 9.53 Å². The van der Waals surface area contributed by atoms with Crippen LogP contribution in [0, 0.1) is 5.92 Å². The average Bonchev–Trinajstić information content (AvgIpc) is 2.99. The molecule has 130 valence electrons. The van der Waals surface area contributed by atoms with Crippen LogP contribution >= 0.6 is 0 Å². The highest BCUT2D eigenvalue weighted by Crippen LogP contribution is 2.20. The molecule has 2 rings (SSSR count). The van der Waals surface area contributed by atoms with Gasteiger partial charge in [-0.1, -0.05) is 26.0 Å². The van der Waals surface area contributed by atoms with Crippen molar-refractivity contribution in [1.29, 1.82) is 0 Å². The summed E-state index contributed by atoms with van der Waals surface area (Å²) in [4.78, 5) is 12.4. The fraction of sp³-hybridized carbons (Fsp3) is 0.474. The van der Waals surface area contributed by atoms with Crippen LogP contribution in [0.15, 0.2) is 36.7 Å². The Morgan fingerprint density at radius 3 is 2.38 bits per heavy atom. The zero-order chi connectivity index (χ0) is 17.7. The first kappa shape index (κ1) is 18.0. The predicted octanol–water partition coefficient (Wildman–Crippen LogP) is 3.44. The number of ether oxygens (including phenoxy) is 1. The minimum absolute atomic E-state index is 0.00404. The van der Waals surface area contributed by atoms with Crippen molar-refractivity contribution >= 4 is 5.91 Å². The SMILES string of the molecule is CC(C)COc1ccc([C@H](C)NC(=O)[C@H](C)c2cnn(C)c2)cc1. The van der Waals surface area contributed by atoms with E-state index in [9.17, 15) is 4.79 Å². The first-order valence-corrected chi connectivity index (χ1v) is 8.38. The summed E-state index contributed by atoms with van der Waals surface area (Å²) in [5.41, 5.74) is 1.97. The summed E-state index contributed by atoms with van der Waals surface area (Å²) in [6.45, 7) is 8.82. The highest BCUT2D eigenvalue weighted by atomic mass is 16.5. The van der Waals surface area contributed by atoms with E-state index in [1.165, 1.54) is 0 Å². The molecule has 0 aliphatic heterocycles. The van der Waals surface area contributed by atoms with Crippen molar-refractivity contribution in [3.8, 4) is 5.75 Å². The lowest BCUT2D eigenvalue weighted by molar-refractivity contribution is -0.122. The zero-order valence-electron chi connectivity index (χ0n) is 15.1.